The Balaban J connectivity index is 1.68. The Morgan fingerprint density at radius 3 is 2.85 bits per heavy atom. The van der Waals surface area contributed by atoms with E-state index in [9.17, 15) is 5.11 Å². The predicted octanol–water partition coefficient (Wildman–Crippen LogP) is 3.00. The fourth-order valence-electron chi connectivity index (χ4n) is 4.88. The summed E-state index contributed by atoms with van der Waals surface area (Å²) >= 11 is 0. The number of aliphatic hydroxyl groups excluding tert-OH is 1. The van der Waals surface area contributed by atoms with Crippen LogP contribution in [0.4, 0.5) is 0 Å². The second kappa shape index (κ2) is 3.53. The van der Waals surface area contributed by atoms with E-state index in [-0.39, 0.29) is 12.1 Å². The summed E-state index contributed by atoms with van der Waals surface area (Å²) < 4.78 is 2.29. The quantitative estimate of drug-likeness (QED) is 0.861. The third-order valence-corrected chi connectivity index (χ3v) is 5.95. The first-order valence-corrected chi connectivity index (χ1v) is 7.59. The van der Waals surface area contributed by atoms with Gasteiger partial charge in [0.15, 0.2) is 0 Å². The van der Waals surface area contributed by atoms with Crippen LogP contribution in [0.3, 0.4) is 0 Å². The number of aliphatic hydroxyl groups is 1. The van der Waals surface area contributed by atoms with Gasteiger partial charge in [-0.15, -0.1) is 0 Å². The van der Waals surface area contributed by atoms with Crippen molar-refractivity contribution in [3.8, 4) is 11.3 Å². The van der Waals surface area contributed by atoms with Gasteiger partial charge in [-0.2, -0.15) is 0 Å². The second-order valence-electron chi connectivity index (χ2n) is 6.73. The molecule has 0 radical (unpaired) electrons. The minimum absolute atomic E-state index is 0.151. The Labute approximate surface area is 118 Å². The fraction of sp³-hybridized carbons (Fsp3) is 0.471. The summed E-state index contributed by atoms with van der Waals surface area (Å²) in [6, 6.07) is 8.90. The molecule has 0 amide bonds. The van der Waals surface area contributed by atoms with Crippen LogP contribution in [-0.4, -0.2) is 20.8 Å². The van der Waals surface area contributed by atoms with E-state index in [0.29, 0.717) is 11.3 Å². The summed E-state index contributed by atoms with van der Waals surface area (Å²) in [6.07, 6.45) is 8.65. The molecule has 1 spiro atoms. The molecule has 3 nitrogen and oxygen atoms in total. The van der Waals surface area contributed by atoms with Crippen LogP contribution in [0, 0.1) is 11.3 Å². The maximum atomic E-state index is 10.4. The molecule has 3 aliphatic rings. The van der Waals surface area contributed by atoms with Crippen molar-refractivity contribution in [1.82, 2.24) is 9.55 Å². The normalized spacial score (nSPS) is 32.4. The standard InChI is InChI=1S/C17H18N2O/c20-14-8-17(6-3-7-17)15(14)16-12-5-2-1-4-11(12)13-9-18-10-19(13)16/h1-2,4-5,9-10,14-16,20H,3,6-8H2/t14-,15+,16-/m1/s1. The van der Waals surface area contributed by atoms with Crippen molar-refractivity contribution in [2.45, 2.75) is 37.8 Å². The van der Waals surface area contributed by atoms with Crippen LogP contribution < -0.4 is 0 Å². The highest BCUT2D eigenvalue weighted by molar-refractivity contribution is 5.69. The first-order valence-electron chi connectivity index (χ1n) is 7.59. The van der Waals surface area contributed by atoms with E-state index in [2.05, 4.69) is 33.8 Å². The van der Waals surface area contributed by atoms with Gasteiger partial charge in [0.05, 0.1) is 30.4 Å². The molecular weight excluding hydrogens is 248 g/mol. The summed E-state index contributed by atoms with van der Waals surface area (Å²) in [5.41, 5.74) is 4.28. The largest absolute Gasteiger partial charge is 0.393 e. The third-order valence-electron chi connectivity index (χ3n) is 5.95. The number of hydrogen-bond donors (Lipinski definition) is 1. The Kier molecular flexibility index (Phi) is 1.96. The first kappa shape index (κ1) is 11.1. The lowest BCUT2D eigenvalue weighted by molar-refractivity contribution is -0.165. The third kappa shape index (κ3) is 1.14. The SMILES string of the molecule is O[C@@H]1CC2(CCC2)[C@@H]1[C@H]1c2ccccc2-c2cncn21. The molecule has 1 aromatic heterocycles. The zero-order valence-corrected chi connectivity index (χ0v) is 11.4. The van der Waals surface area contributed by atoms with Gasteiger partial charge in [-0.3, -0.25) is 0 Å². The molecule has 102 valence electrons. The van der Waals surface area contributed by atoms with Crippen LogP contribution in [0.15, 0.2) is 36.8 Å². The summed E-state index contributed by atoms with van der Waals surface area (Å²) in [5, 5.41) is 10.4. The molecule has 0 unspecified atom stereocenters. The van der Waals surface area contributed by atoms with Gasteiger partial charge < -0.3 is 9.67 Å². The van der Waals surface area contributed by atoms with Gasteiger partial charge in [-0.1, -0.05) is 30.7 Å². The Morgan fingerprint density at radius 1 is 1.25 bits per heavy atom. The fourth-order valence-corrected chi connectivity index (χ4v) is 4.88. The molecule has 2 fully saturated rings. The highest BCUT2D eigenvalue weighted by atomic mass is 16.3. The van der Waals surface area contributed by atoms with E-state index in [0.717, 1.165) is 6.42 Å². The summed E-state index contributed by atoms with van der Waals surface area (Å²) in [7, 11) is 0. The van der Waals surface area contributed by atoms with Crippen LogP contribution >= 0.6 is 0 Å². The van der Waals surface area contributed by atoms with Crippen molar-refractivity contribution in [2.75, 3.05) is 0 Å². The molecular formula is C17H18N2O. The van der Waals surface area contributed by atoms with Crippen LogP contribution in [-0.2, 0) is 0 Å². The number of fused-ring (bicyclic) bond motifs is 3. The van der Waals surface area contributed by atoms with E-state index in [1.165, 1.54) is 36.1 Å². The van der Waals surface area contributed by atoms with Crippen molar-refractivity contribution in [1.29, 1.82) is 0 Å². The topological polar surface area (TPSA) is 38.1 Å². The number of hydrogen-bond acceptors (Lipinski definition) is 2. The molecule has 2 heterocycles. The van der Waals surface area contributed by atoms with Crippen molar-refractivity contribution >= 4 is 0 Å². The Morgan fingerprint density at radius 2 is 2.10 bits per heavy atom. The van der Waals surface area contributed by atoms with Gasteiger partial charge in [0.1, 0.15) is 0 Å². The number of imidazole rings is 1. The lowest BCUT2D eigenvalue weighted by Gasteiger charge is -2.61. The van der Waals surface area contributed by atoms with Crippen LogP contribution in [0.25, 0.3) is 11.3 Å². The lowest BCUT2D eigenvalue weighted by Crippen LogP contribution is -2.58. The molecule has 1 N–H and O–H groups in total. The van der Waals surface area contributed by atoms with Gasteiger partial charge in [-0.05, 0) is 30.2 Å². The van der Waals surface area contributed by atoms with Crippen LogP contribution in [0.5, 0.6) is 0 Å². The van der Waals surface area contributed by atoms with Crippen LogP contribution in [0.2, 0.25) is 0 Å². The predicted molar refractivity (Wildman–Crippen MR) is 76.2 cm³/mol. The molecule has 3 heteroatoms. The molecule has 5 rings (SSSR count). The van der Waals surface area contributed by atoms with Crippen molar-refractivity contribution in [3.63, 3.8) is 0 Å². The highest BCUT2D eigenvalue weighted by Gasteiger charge is 2.60. The smallest absolute Gasteiger partial charge is 0.0956 e. The zero-order valence-electron chi connectivity index (χ0n) is 11.4. The van der Waals surface area contributed by atoms with Gasteiger partial charge in [-0.25, -0.2) is 4.98 Å². The number of rotatable bonds is 1. The van der Waals surface area contributed by atoms with Crippen LogP contribution in [0.1, 0.15) is 37.3 Å². The first-order chi connectivity index (χ1) is 9.80. The number of nitrogens with zero attached hydrogens (tertiary/aromatic N) is 2. The molecule has 2 aliphatic carbocycles. The second-order valence-corrected chi connectivity index (χ2v) is 6.73. The van der Waals surface area contributed by atoms with E-state index in [1.54, 1.807) is 0 Å². The minimum Gasteiger partial charge on any atom is -0.393 e. The van der Waals surface area contributed by atoms with Crippen molar-refractivity contribution < 1.29 is 5.11 Å². The molecule has 0 bridgehead atoms. The van der Waals surface area contributed by atoms with E-state index < -0.39 is 0 Å². The van der Waals surface area contributed by atoms with Gasteiger partial charge in [0.2, 0.25) is 0 Å². The van der Waals surface area contributed by atoms with Gasteiger partial charge >= 0.3 is 0 Å². The summed E-state index contributed by atoms with van der Waals surface area (Å²) in [5.74, 6) is 0.368. The summed E-state index contributed by atoms with van der Waals surface area (Å²) in [4.78, 5) is 4.33. The Bertz CT molecular complexity index is 686. The average molecular weight is 266 g/mol. The van der Waals surface area contributed by atoms with Gasteiger partial charge in [0.25, 0.3) is 0 Å². The summed E-state index contributed by atoms with van der Waals surface area (Å²) in [6.45, 7) is 0. The molecule has 1 aromatic carbocycles. The maximum absolute atomic E-state index is 10.4. The molecule has 3 atom stereocenters. The van der Waals surface area contributed by atoms with E-state index in [1.807, 2.05) is 12.5 Å². The molecule has 1 aliphatic heterocycles. The van der Waals surface area contributed by atoms with E-state index in [4.69, 9.17) is 0 Å². The monoisotopic (exact) mass is 266 g/mol. The number of benzene rings is 1. The minimum atomic E-state index is -0.151. The average Bonchev–Trinajstić information content (AvgIpc) is 2.97. The molecule has 2 aromatic rings. The molecule has 20 heavy (non-hydrogen) atoms. The lowest BCUT2D eigenvalue weighted by atomic mass is 9.46. The Hall–Kier alpha value is -1.61. The maximum Gasteiger partial charge on any atom is 0.0956 e. The van der Waals surface area contributed by atoms with E-state index >= 15 is 0 Å². The molecule has 2 saturated carbocycles. The van der Waals surface area contributed by atoms with Crippen molar-refractivity contribution in [3.05, 3.63) is 42.4 Å². The van der Waals surface area contributed by atoms with Gasteiger partial charge in [0, 0.05) is 11.5 Å². The number of aromatic nitrogens is 2. The highest BCUT2D eigenvalue weighted by Crippen LogP contribution is 2.65. The van der Waals surface area contributed by atoms with Crippen molar-refractivity contribution in [2.24, 2.45) is 11.3 Å². The molecule has 0 saturated heterocycles. The zero-order chi connectivity index (χ0) is 13.3.